The zero-order valence-electron chi connectivity index (χ0n) is 21.8. The number of benzene rings is 4. The van der Waals surface area contributed by atoms with Gasteiger partial charge in [0.25, 0.3) is 0 Å². The van der Waals surface area contributed by atoms with Crippen molar-refractivity contribution in [2.75, 3.05) is 10.6 Å². The van der Waals surface area contributed by atoms with Gasteiger partial charge >= 0.3 is 0 Å². The summed E-state index contributed by atoms with van der Waals surface area (Å²) in [6, 6.07) is 27.8. The number of ketones is 1. The molecule has 192 valence electrons. The van der Waals surface area contributed by atoms with Crippen molar-refractivity contribution in [2.45, 2.75) is 20.8 Å². The topological polar surface area (TPSA) is 66.6 Å². The summed E-state index contributed by atoms with van der Waals surface area (Å²) in [4.78, 5) is 18.4. The molecular formula is C33H26ClN3O2. The molecule has 0 atom stereocenters. The Balaban J connectivity index is 1.51. The molecule has 6 rings (SSSR count). The third-order valence-electron chi connectivity index (χ3n) is 6.68. The van der Waals surface area contributed by atoms with Gasteiger partial charge in [-0.15, -0.1) is 0 Å². The number of hydrogen-bond acceptors (Lipinski definition) is 5. The molecule has 0 bridgehead atoms. The lowest BCUT2D eigenvalue weighted by Gasteiger charge is -2.18. The number of aryl methyl sites for hydroxylation is 3. The second-order valence-electron chi connectivity index (χ2n) is 9.84. The number of hydrogen-bond donors (Lipinski definition) is 2. The van der Waals surface area contributed by atoms with Crippen molar-refractivity contribution in [1.29, 1.82) is 0 Å². The molecule has 39 heavy (non-hydrogen) atoms. The van der Waals surface area contributed by atoms with E-state index < -0.39 is 0 Å². The number of nitrogens with zero attached hydrogens (tertiary/aromatic N) is 1. The highest BCUT2D eigenvalue weighted by atomic mass is 35.5. The highest BCUT2D eigenvalue weighted by Crippen LogP contribution is 2.39. The Kier molecular flexibility index (Phi) is 6.29. The van der Waals surface area contributed by atoms with E-state index in [2.05, 4.69) is 10.6 Å². The Hall–Kier alpha value is -4.61. The van der Waals surface area contributed by atoms with Crippen LogP contribution in [0.15, 0.2) is 106 Å². The van der Waals surface area contributed by atoms with Gasteiger partial charge in [-0.05, 0) is 69.3 Å². The van der Waals surface area contributed by atoms with Gasteiger partial charge in [0.1, 0.15) is 0 Å². The van der Waals surface area contributed by atoms with Gasteiger partial charge in [-0.2, -0.15) is 0 Å². The summed E-state index contributed by atoms with van der Waals surface area (Å²) < 4.78 is 6.09. The van der Waals surface area contributed by atoms with Crippen molar-refractivity contribution in [2.24, 2.45) is 4.99 Å². The molecule has 2 N–H and O–H groups in total. The van der Waals surface area contributed by atoms with Crippen molar-refractivity contribution in [3.8, 4) is 0 Å². The minimum atomic E-state index is -0.247. The summed E-state index contributed by atoms with van der Waals surface area (Å²) in [5.41, 5.74) is 9.05. The van der Waals surface area contributed by atoms with E-state index in [0.717, 1.165) is 33.9 Å². The van der Waals surface area contributed by atoms with Gasteiger partial charge in [0.05, 0.1) is 27.7 Å². The number of fused-ring (bicyclic) bond motifs is 3. The van der Waals surface area contributed by atoms with Gasteiger partial charge < -0.3 is 15.1 Å². The fourth-order valence-electron chi connectivity index (χ4n) is 4.59. The number of aliphatic imine (C=N–C) groups is 1. The van der Waals surface area contributed by atoms with Crippen molar-refractivity contribution >= 4 is 56.8 Å². The molecular weight excluding hydrogens is 506 g/mol. The van der Waals surface area contributed by atoms with Gasteiger partial charge in [-0.3, -0.25) is 4.79 Å². The Morgan fingerprint density at radius 1 is 0.718 bits per heavy atom. The van der Waals surface area contributed by atoms with Crippen LogP contribution in [0.3, 0.4) is 0 Å². The molecule has 5 nitrogen and oxygen atoms in total. The number of carbonyl (C=O) groups excluding carboxylic acids is 1. The van der Waals surface area contributed by atoms with E-state index in [1.54, 1.807) is 6.07 Å². The molecule has 4 aromatic carbocycles. The van der Waals surface area contributed by atoms with Crippen LogP contribution in [0.5, 0.6) is 0 Å². The first-order chi connectivity index (χ1) is 18.8. The maximum absolute atomic E-state index is 13.3. The summed E-state index contributed by atoms with van der Waals surface area (Å²) in [6.45, 7) is 6.12. The van der Waals surface area contributed by atoms with Crippen molar-refractivity contribution in [1.82, 2.24) is 0 Å². The molecule has 1 aliphatic carbocycles. The molecule has 1 aliphatic rings. The smallest absolute Gasteiger partial charge is 0.223 e. The molecule has 0 radical (unpaired) electrons. The van der Waals surface area contributed by atoms with Gasteiger partial charge in [0, 0.05) is 28.5 Å². The van der Waals surface area contributed by atoms with E-state index in [1.807, 2.05) is 99.6 Å². The van der Waals surface area contributed by atoms with Crippen LogP contribution in [-0.2, 0) is 0 Å². The van der Waals surface area contributed by atoms with Crippen LogP contribution < -0.4 is 10.6 Å². The van der Waals surface area contributed by atoms with Crippen LogP contribution in [0.2, 0.25) is 5.02 Å². The molecule has 0 saturated carbocycles. The molecule has 0 fully saturated rings. The van der Waals surface area contributed by atoms with Gasteiger partial charge in [0.2, 0.25) is 5.78 Å². The Labute approximate surface area is 231 Å². The standard InChI is InChI=1S/C33H26ClN3O2/c1-19-4-10-22(11-5-19)35-25-16-26-30-31(37-24-14-8-21(3)9-15-24)28(36-23-12-6-20(2)7-13-23)18-29(38)33(30)39-32(26)27(34)17-25/h4-18,35-36H,1-3H3. The van der Waals surface area contributed by atoms with Crippen molar-refractivity contribution < 1.29 is 9.21 Å². The number of rotatable bonds is 5. The SMILES string of the molecule is Cc1ccc(N=C2C(Nc3ccc(C)cc3)=CC(=O)c3oc4c(Cl)cc(Nc5ccc(C)cc5)cc4c32)cc1. The lowest BCUT2D eigenvalue weighted by Crippen LogP contribution is -2.21. The zero-order valence-corrected chi connectivity index (χ0v) is 22.6. The number of anilines is 3. The molecule has 1 aromatic heterocycles. The largest absolute Gasteiger partial charge is 0.450 e. The molecule has 0 spiro atoms. The number of allylic oxidation sites excluding steroid dienone is 2. The van der Waals surface area contributed by atoms with Gasteiger partial charge in [-0.1, -0.05) is 64.7 Å². The Bertz CT molecular complexity index is 1780. The minimum absolute atomic E-state index is 0.222. The lowest BCUT2D eigenvalue weighted by molar-refractivity contribution is 0.102. The summed E-state index contributed by atoms with van der Waals surface area (Å²) in [5, 5.41) is 7.95. The van der Waals surface area contributed by atoms with Crippen LogP contribution in [0.1, 0.15) is 32.8 Å². The third-order valence-corrected chi connectivity index (χ3v) is 6.96. The van der Waals surface area contributed by atoms with E-state index in [1.165, 1.54) is 11.6 Å². The normalized spacial score (nSPS) is 13.9. The molecule has 0 amide bonds. The predicted molar refractivity (Wildman–Crippen MR) is 160 cm³/mol. The maximum atomic E-state index is 13.3. The van der Waals surface area contributed by atoms with E-state index in [-0.39, 0.29) is 11.5 Å². The monoisotopic (exact) mass is 531 g/mol. The summed E-state index contributed by atoms with van der Waals surface area (Å²) in [5.74, 6) is -0.0255. The predicted octanol–water partition coefficient (Wildman–Crippen LogP) is 9.07. The average molecular weight is 532 g/mol. The second-order valence-corrected chi connectivity index (χ2v) is 10.2. The minimum Gasteiger partial charge on any atom is -0.450 e. The highest BCUT2D eigenvalue weighted by molar-refractivity contribution is 6.38. The lowest BCUT2D eigenvalue weighted by atomic mass is 9.95. The Morgan fingerprint density at radius 3 is 1.90 bits per heavy atom. The van der Waals surface area contributed by atoms with Crippen LogP contribution in [0, 0.1) is 20.8 Å². The molecule has 0 unspecified atom stereocenters. The number of carbonyl (C=O) groups is 1. The average Bonchev–Trinajstić information content (AvgIpc) is 3.31. The molecule has 6 heteroatoms. The first kappa shape index (κ1) is 24.7. The number of furan rings is 1. The van der Waals surface area contributed by atoms with Gasteiger partial charge in [-0.25, -0.2) is 4.99 Å². The molecule has 5 aromatic rings. The fraction of sp³-hybridized carbons (Fsp3) is 0.0909. The van der Waals surface area contributed by atoms with Crippen LogP contribution in [0.25, 0.3) is 11.0 Å². The zero-order chi connectivity index (χ0) is 27.1. The van der Waals surface area contributed by atoms with Crippen LogP contribution in [-0.4, -0.2) is 11.5 Å². The number of halogens is 1. The first-order valence-corrected chi connectivity index (χ1v) is 13.1. The number of nitrogens with one attached hydrogen (secondary N) is 2. The Morgan fingerprint density at radius 2 is 1.28 bits per heavy atom. The molecule has 0 saturated heterocycles. The molecule has 0 aliphatic heterocycles. The van der Waals surface area contributed by atoms with E-state index in [0.29, 0.717) is 33.0 Å². The fourth-order valence-corrected chi connectivity index (χ4v) is 4.85. The van der Waals surface area contributed by atoms with E-state index >= 15 is 0 Å². The van der Waals surface area contributed by atoms with Crippen molar-refractivity contribution in [3.63, 3.8) is 0 Å². The third kappa shape index (κ3) is 4.97. The quantitative estimate of drug-likeness (QED) is 0.237. The molecule has 1 heterocycles. The summed E-state index contributed by atoms with van der Waals surface area (Å²) in [6.07, 6.45) is 1.54. The van der Waals surface area contributed by atoms with Crippen LogP contribution >= 0.6 is 11.6 Å². The second kappa shape index (κ2) is 9.93. The van der Waals surface area contributed by atoms with E-state index in [4.69, 9.17) is 21.0 Å². The van der Waals surface area contributed by atoms with Crippen molar-refractivity contribution in [3.05, 3.63) is 130 Å². The van der Waals surface area contributed by atoms with E-state index in [9.17, 15) is 4.79 Å². The highest BCUT2D eigenvalue weighted by Gasteiger charge is 2.32. The first-order valence-electron chi connectivity index (χ1n) is 12.7. The summed E-state index contributed by atoms with van der Waals surface area (Å²) in [7, 11) is 0. The van der Waals surface area contributed by atoms with Crippen LogP contribution in [0.4, 0.5) is 22.7 Å². The summed E-state index contributed by atoms with van der Waals surface area (Å²) >= 11 is 6.71. The maximum Gasteiger partial charge on any atom is 0.223 e. The van der Waals surface area contributed by atoms with Gasteiger partial charge in [0.15, 0.2) is 11.3 Å².